The Morgan fingerprint density at radius 1 is 0.181 bits per heavy atom. The number of nitrogens with zero attached hydrogens (tertiary/aromatic N) is 2. The molecule has 0 fully saturated rings. The number of hydrogen-bond acceptors (Lipinski definition) is 5. The molecule has 0 saturated heterocycles. The molecular formula is C120H78B2N2O3. The van der Waals surface area contributed by atoms with Crippen molar-refractivity contribution in [3.05, 3.63) is 473 Å². The molecule has 0 atom stereocenters. The Morgan fingerprint density at radius 3 is 1.05 bits per heavy atom. The van der Waals surface area contributed by atoms with Crippen molar-refractivity contribution in [3.63, 3.8) is 0 Å². The van der Waals surface area contributed by atoms with Crippen molar-refractivity contribution in [2.45, 2.75) is 0 Å². The third-order valence-corrected chi connectivity index (χ3v) is 25.9. The van der Waals surface area contributed by atoms with Crippen molar-refractivity contribution >= 4 is 167 Å². The average Bonchev–Trinajstić information content (AvgIpc) is 0.960. The van der Waals surface area contributed by atoms with E-state index >= 15 is 0 Å². The predicted molar refractivity (Wildman–Crippen MR) is 537 cm³/mol. The van der Waals surface area contributed by atoms with Gasteiger partial charge in [-0.25, -0.2) is 0 Å². The molecule has 0 radical (unpaired) electrons. The normalized spacial score (nSPS) is 11.7. The van der Waals surface area contributed by atoms with Gasteiger partial charge in [0.2, 0.25) is 13.4 Å². The third-order valence-electron chi connectivity index (χ3n) is 25.9. The fourth-order valence-electron chi connectivity index (χ4n) is 20.2. The minimum absolute atomic E-state index is 0.0803. The van der Waals surface area contributed by atoms with Crippen LogP contribution in [0.1, 0.15) is 0 Å². The Kier molecular flexibility index (Phi) is 18.4. The monoisotopic (exact) mass is 1620 g/mol. The topological polar surface area (TPSA) is 38.1 Å². The van der Waals surface area contributed by atoms with Crippen molar-refractivity contribution in [3.8, 4) is 78.6 Å². The lowest BCUT2D eigenvalue weighted by molar-refractivity contribution is 0.487. The molecule has 0 bridgehead atoms. The second-order valence-electron chi connectivity index (χ2n) is 33.1. The van der Waals surface area contributed by atoms with Crippen LogP contribution < -0.4 is 52.1 Å². The minimum atomic E-state index is -0.0958. The molecule has 0 spiro atoms. The van der Waals surface area contributed by atoms with Gasteiger partial charge in [-0.1, -0.05) is 379 Å². The number of hydrogen-bond donors (Lipinski definition) is 0. The first-order valence-electron chi connectivity index (χ1n) is 43.6. The summed E-state index contributed by atoms with van der Waals surface area (Å²) in [6.45, 7) is -0.0155. The molecule has 0 aliphatic carbocycles. The predicted octanol–water partition coefficient (Wildman–Crippen LogP) is 28.7. The number of rotatable bonds is 15. The average molecular weight is 1620 g/mol. The van der Waals surface area contributed by atoms with Gasteiger partial charge in [0.15, 0.2) is 0 Å². The standard InChI is InChI=1S/C66H42BNO2.C54H36BNO/c1-4-18-44(19-5-1)49-24-12-14-31-61(49)68(47-22-8-3-9-23-47)48-37-34-43(35-38-48)45-36-39-53-58-41-56-50-25-10-11-26-51(50)60(42-57(56)54-28-17-33-63(65(54)58)69-64(53)40-45)67(46-20-6-2-7-21-46)59-30-16-29-55-52-27-13-15-32-62(52)70-66(55)59;1-5-16-39(17-6-1)55(40-18-7-2-8-19-40)51-36-49-47-26-15-27-52-54(47)50(35-48(49)44-24-13-14-25-45(44)51)46-33-30-38(34-53(46)57-52)37-28-31-43(32-29-37)56(41-20-9-3-10-21-41)42-22-11-4-12-23-42/h1-42H;1-36H. The van der Waals surface area contributed by atoms with Crippen molar-refractivity contribution < 1.29 is 13.9 Å². The zero-order valence-corrected chi connectivity index (χ0v) is 69.3. The highest BCUT2D eigenvalue weighted by atomic mass is 16.5. The molecule has 0 saturated carbocycles. The molecule has 0 amide bonds. The molecule has 1 aromatic heterocycles. The maximum Gasteiger partial charge on any atom is 0.246 e. The van der Waals surface area contributed by atoms with Gasteiger partial charge >= 0.3 is 0 Å². The zero-order chi connectivity index (χ0) is 83.8. The highest BCUT2D eigenvalue weighted by Gasteiger charge is 2.33. The van der Waals surface area contributed by atoms with E-state index in [1.165, 1.54) is 103 Å². The summed E-state index contributed by atoms with van der Waals surface area (Å²) in [5.41, 5.74) is 27.4. The van der Waals surface area contributed by atoms with Crippen LogP contribution >= 0.6 is 0 Å². The molecular weight excluding hydrogens is 1540 g/mol. The van der Waals surface area contributed by atoms with Gasteiger partial charge in [0.05, 0.1) is 5.69 Å². The van der Waals surface area contributed by atoms with E-state index in [0.29, 0.717) is 0 Å². The van der Waals surface area contributed by atoms with Gasteiger partial charge in [-0.3, -0.25) is 0 Å². The highest BCUT2D eigenvalue weighted by Crippen LogP contribution is 2.54. The molecule has 127 heavy (non-hydrogen) atoms. The number of para-hydroxylation sites is 6. The fourth-order valence-corrected chi connectivity index (χ4v) is 20.2. The van der Waals surface area contributed by atoms with Crippen molar-refractivity contribution in [2.24, 2.45) is 0 Å². The van der Waals surface area contributed by atoms with Crippen LogP contribution in [-0.2, 0) is 0 Å². The van der Waals surface area contributed by atoms with Crippen LogP contribution in [0, 0.1) is 0 Å². The van der Waals surface area contributed by atoms with Gasteiger partial charge in [0.1, 0.15) is 34.2 Å². The molecule has 2 aliphatic rings. The molecule has 3 heterocycles. The van der Waals surface area contributed by atoms with Gasteiger partial charge in [-0.05, 0) is 220 Å². The number of benzene rings is 22. The van der Waals surface area contributed by atoms with Gasteiger partial charge in [-0.2, -0.15) is 0 Å². The number of furan rings is 1. The van der Waals surface area contributed by atoms with Crippen LogP contribution in [0.4, 0.5) is 34.1 Å². The van der Waals surface area contributed by atoms with Gasteiger partial charge < -0.3 is 23.7 Å². The second kappa shape index (κ2) is 31.5. The van der Waals surface area contributed by atoms with Crippen LogP contribution in [0.5, 0.6) is 23.0 Å². The van der Waals surface area contributed by atoms with Crippen LogP contribution in [0.3, 0.4) is 0 Å². The summed E-state index contributed by atoms with van der Waals surface area (Å²) in [7, 11) is 0. The highest BCUT2D eigenvalue weighted by molar-refractivity contribution is 6.98. The Balaban J connectivity index is 0.000000145. The lowest BCUT2D eigenvalue weighted by Crippen LogP contribution is -2.52. The van der Waals surface area contributed by atoms with Crippen LogP contribution in [-0.4, -0.2) is 13.4 Å². The summed E-state index contributed by atoms with van der Waals surface area (Å²) in [6, 6.07) is 170. The molecule has 0 N–H and O–H groups in total. The van der Waals surface area contributed by atoms with E-state index < -0.39 is 0 Å². The molecule has 25 rings (SSSR count). The molecule has 22 aromatic carbocycles. The minimum Gasteiger partial charge on any atom is -0.457 e. The third kappa shape index (κ3) is 13.0. The molecule has 2 aliphatic heterocycles. The summed E-state index contributed by atoms with van der Waals surface area (Å²) >= 11 is 0. The van der Waals surface area contributed by atoms with Crippen molar-refractivity contribution in [1.82, 2.24) is 0 Å². The van der Waals surface area contributed by atoms with E-state index in [1.54, 1.807) is 0 Å². The SMILES string of the molecule is c1ccc(B(c2cc3c4cccc5c4c(cc3c3ccccc23)-c2ccc(-c3ccc(N(c4ccccc4)c4ccccc4-c4ccccc4)cc3)cc2O5)c2cccc3c2oc2ccccc23)cc1.c1ccc(B(c2ccccc2)c2cc3c4cccc5c4c(cc3c3ccccc23)-c2ccc(-c3ccc(N(c4ccccc4)c4ccccc4)cc3)cc2O5)cc1. The first-order chi connectivity index (χ1) is 63.0. The summed E-state index contributed by atoms with van der Waals surface area (Å²) in [5.74, 6) is 3.49. The van der Waals surface area contributed by atoms with E-state index in [0.717, 1.165) is 129 Å². The number of anilines is 6. The van der Waals surface area contributed by atoms with E-state index in [-0.39, 0.29) is 13.4 Å². The van der Waals surface area contributed by atoms with E-state index in [2.05, 4.69) is 477 Å². The van der Waals surface area contributed by atoms with Gasteiger partial charge in [0.25, 0.3) is 0 Å². The van der Waals surface area contributed by atoms with E-state index in [9.17, 15) is 0 Å². The Labute approximate surface area is 737 Å². The lowest BCUT2D eigenvalue weighted by Gasteiger charge is -2.28. The second-order valence-corrected chi connectivity index (χ2v) is 33.1. The maximum absolute atomic E-state index is 6.95. The summed E-state index contributed by atoms with van der Waals surface area (Å²) in [5, 5.41) is 16.8. The Hall–Kier alpha value is -16.5. The molecule has 23 aromatic rings. The molecule has 0 unspecified atom stereocenters. The maximum atomic E-state index is 6.95. The lowest BCUT2D eigenvalue weighted by atomic mass is 9.36. The first kappa shape index (κ1) is 74.4. The quantitative estimate of drug-likeness (QED) is 0.0755. The van der Waals surface area contributed by atoms with Crippen LogP contribution in [0.2, 0.25) is 0 Å². The summed E-state index contributed by atoms with van der Waals surface area (Å²) in [6.07, 6.45) is 0. The van der Waals surface area contributed by atoms with Crippen LogP contribution in [0.25, 0.3) is 142 Å². The fraction of sp³-hybridized carbons (Fsp3) is 0. The Bertz CT molecular complexity index is 8100. The molecule has 7 heteroatoms. The van der Waals surface area contributed by atoms with E-state index in [1.807, 2.05) is 6.07 Å². The Morgan fingerprint density at radius 2 is 0.543 bits per heavy atom. The van der Waals surface area contributed by atoms with Gasteiger partial charge in [0, 0.05) is 66.7 Å². The zero-order valence-electron chi connectivity index (χ0n) is 69.3. The number of ether oxygens (including phenoxy) is 2. The molecule has 5 nitrogen and oxygen atoms in total. The van der Waals surface area contributed by atoms with Crippen LogP contribution in [0.15, 0.2) is 478 Å². The smallest absolute Gasteiger partial charge is 0.246 e. The largest absolute Gasteiger partial charge is 0.457 e. The summed E-state index contributed by atoms with van der Waals surface area (Å²) < 4.78 is 20.5. The number of fused-ring (bicyclic) bond motifs is 15. The van der Waals surface area contributed by atoms with Gasteiger partial charge in [-0.15, -0.1) is 0 Å². The summed E-state index contributed by atoms with van der Waals surface area (Å²) in [4.78, 5) is 4.64. The van der Waals surface area contributed by atoms with Crippen molar-refractivity contribution in [1.29, 1.82) is 0 Å². The first-order valence-corrected chi connectivity index (χ1v) is 43.6. The molecule has 592 valence electrons. The van der Waals surface area contributed by atoms with E-state index in [4.69, 9.17) is 13.9 Å². The van der Waals surface area contributed by atoms with Crippen molar-refractivity contribution in [2.75, 3.05) is 9.80 Å².